The van der Waals surface area contributed by atoms with Gasteiger partial charge in [0.1, 0.15) is 12.1 Å². The van der Waals surface area contributed by atoms with E-state index in [1.54, 1.807) is 10.9 Å². The van der Waals surface area contributed by atoms with Gasteiger partial charge in [-0.25, -0.2) is 9.36 Å². The summed E-state index contributed by atoms with van der Waals surface area (Å²) < 4.78 is 2.89. The zero-order valence-corrected chi connectivity index (χ0v) is 19.0. The van der Waals surface area contributed by atoms with Crippen LogP contribution in [0.4, 0.5) is 5.69 Å². The number of aromatic nitrogens is 4. The van der Waals surface area contributed by atoms with E-state index in [1.807, 2.05) is 77.1 Å². The quantitative estimate of drug-likeness (QED) is 0.514. The van der Waals surface area contributed by atoms with E-state index in [-0.39, 0.29) is 23.9 Å². The van der Waals surface area contributed by atoms with E-state index < -0.39 is 0 Å². The van der Waals surface area contributed by atoms with E-state index in [0.29, 0.717) is 10.9 Å². The molecule has 2 aromatic carbocycles. The molecule has 4 aromatic rings. The van der Waals surface area contributed by atoms with Crippen LogP contribution in [0.5, 0.6) is 0 Å². The molecule has 0 bridgehead atoms. The fourth-order valence-electron chi connectivity index (χ4n) is 3.72. The first-order chi connectivity index (χ1) is 15.3. The molecule has 0 atom stereocenters. The Hall–Kier alpha value is -3.74. The Morgan fingerprint density at radius 3 is 2.47 bits per heavy atom. The van der Waals surface area contributed by atoms with Crippen molar-refractivity contribution in [2.45, 2.75) is 47.1 Å². The first-order valence-corrected chi connectivity index (χ1v) is 10.7. The van der Waals surface area contributed by atoms with Crippen molar-refractivity contribution >= 4 is 22.5 Å². The van der Waals surface area contributed by atoms with Gasteiger partial charge >= 0.3 is 0 Å². The van der Waals surface area contributed by atoms with E-state index in [9.17, 15) is 9.59 Å². The standard InChI is InChI=1S/C25H27N5O2/c1-15(2)23-20-13-26-30(19-11-10-16(3)18(5)12-19)24(20)25(32)29(28-23)14-22(31)27-21-9-7-6-8-17(21)4/h6-13,15H,14H2,1-5H3,(H,27,31). The van der Waals surface area contributed by atoms with Crippen LogP contribution in [0.15, 0.2) is 53.5 Å². The van der Waals surface area contributed by atoms with E-state index in [0.717, 1.165) is 28.2 Å². The van der Waals surface area contributed by atoms with Crippen LogP contribution >= 0.6 is 0 Å². The highest BCUT2D eigenvalue weighted by molar-refractivity contribution is 5.91. The highest BCUT2D eigenvalue weighted by Gasteiger charge is 2.20. The Bertz CT molecular complexity index is 1380. The molecule has 1 amide bonds. The highest BCUT2D eigenvalue weighted by Crippen LogP contribution is 2.24. The summed E-state index contributed by atoms with van der Waals surface area (Å²) in [6.07, 6.45) is 1.69. The van der Waals surface area contributed by atoms with Crippen molar-refractivity contribution in [1.29, 1.82) is 0 Å². The maximum Gasteiger partial charge on any atom is 0.293 e. The maximum atomic E-state index is 13.4. The number of carbonyl (C=O) groups excluding carboxylic acids is 1. The molecular formula is C25H27N5O2. The predicted octanol–water partition coefficient (Wildman–Crippen LogP) is 4.27. The fraction of sp³-hybridized carbons (Fsp3) is 0.280. The van der Waals surface area contributed by atoms with Gasteiger partial charge in [0.25, 0.3) is 5.56 Å². The number of rotatable bonds is 5. The molecular weight excluding hydrogens is 402 g/mol. The lowest BCUT2D eigenvalue weighted by molar-refractivity contribution is -0.117. The summed E-state index contributed by atoms with van der Waals surface area (Å²) in [5.74, 6) is -0.249. The van der Waals surface area contributed by atoms with Gasteiger partial charge in [0.05, 0.1) is 17.6 Å². The van der Waals surface area contributed by atoms with Crippen molar-refractivity contribution in [1.82, 2.24) is 19.6 Å². The molecule has 7 nitrogen and oxygen atoms in total. The van der Waals surface area contributed by atoms with Crippen molar-refractivity contribution < 1.29 is 4.79 Å². The highest BCUT2D eigenvalue weighted by atomic mass is 16.2. The average Bonchev–Trinajstić information content (AvgIpc) is 3.19. The normalized spacial score (nSPS) is 11.3. The lowest BCUT2D eigenvalue weighted by Crippen LogP contribution is -2.31. The zero-order valence-electron chi connectivity index (χ0n) is 19.0. The van der Waals surface area contributed by atoms with Gasteiger partial charge in [-0.2, -0.15) is 10.2 Å². The van der Waals surface area contributed by atoms with Crippen LogP contribution in [0, 0.1) is 20.8 Å². The predicted molar refractivity (Wildman–Crippen MR) is 126 cm³/mol. The summed E-state index contributed by atoms with van der Waals surface area (Å²) in [5, 5.41) is 12.6. The van der Waals surface area contributed by atoms with Crippen LogP contribution < -0.4 is 10.9 Å². The maximum absolute atomic E-state index is 13.4. The molecule has 0 radical (unpaired) electrons. The SMILES string of the molecule is Cc1ccc(-n2ncc3c(C(C)C)nn(CC(=O)Nc4ccccc4C)c(=O)c32)cc1C. The van der Waals surface area contributed by atoms with E-state index in [4.69, 9.17) is 0 Å². The molecule has 0 saturated heterocycles. The lowest BCUT2D eigenvalue weighted by atomic mass is 10.1. The number of carbonyl (C=O) groups is 1. The van der Waals surface area contributed by atoms with Gasteiger partial charge in [0.15, 0.2) is 0 Å². The van der Waals surface area contributed by atoms with Gasteiger partial charge in [0, 0.05) is 11.1 Å². The Kier molecular flexibility index (Phi) is 5.65. The van der Waals surface area contributed by atoms with Gasteiger partial charge in [-0.15, -0.1) is 0 Å². The minimum Gasteiger partial charge on any atom is -0.324 e. The number of fused-ring (bicyclic) bond motifs is 1. The third-order valence-corrected chi connectivity index (χ3v) is 5.71. The lowest BCUT2D eigenvalue weighted by Gasteiger charge is -2.13. The number of nitrogens with zero attached hydrogens (tertiary/aromatic N) is 4. The van der Waals surface area contributed by atoms with Crippen LogP contribution in [0.3, 0.4) is 0 Å². The van der Waals surface area contributed by atoms with Crippen molar-refractivity contribution in [3.8, 4) is 5.69 Å². The summed E-state index contributed by atoms with van der Waals surface area (Å²) in [5.41, 5.74) is 5.57. The summed E-state index contributed by atoms with van der Waals surface area (Å²) in [6, 6.07) is 13.5. The van der Waals surface area contributed by atoms with E-state index in [1.165, 1.54) is 10.2 Å². The molecule has 0 aliphatic rings. The Morgan fingerprint density at radius 2 is 1.78 bits per heavy atom. The molecule has 4 rings (SSSR count). The van der Waals surface area contributed by atoms with Gasteiger partial charge < -0.3 is 5.32 Å². The number of hydrogen-bond acceptors (Lipinski definition) is 4. The van der Waals surface area contributed by atoms with Crippen LogP contribution in [0.1, 0.15) is 42.1 Å². The van der Waals surface area contributed by atoms with E-state index in [2.05, 4.69) is 15.5 Å². The summed E-state index contributed by atoms with van der Waals surface area (Å²) >= 11 is 0. The number of benzene rings is 2. The van der Waals surface area contributed by atoms with Crippen molar-refractivity contribution in [3.05, 3.63) is 81.4 Å². The smallest absolute Gasteiger partial charge is 0.293 e. The number of amides is 1. The number of anilines is 1. The second-order valence-corrected chi connectivity index (χ2v) is 8.45. The van der Waals surface area contributed by atoms with Crippen LogP contribution in [0.2, 0.25) is 0 Å². The second kappa shape index (κ2) is 8.42. The van der Waals surface area contributed by atoms with Gasteiger partial charge in [-0.05, 0) is 61.6 Å². The van der Waals surface area contributed by atoms with Crippen LogP contribution in [0.25, 0.3) is 16.6 Å². The topological polar surface area (TPSA) is 81.8 Å². The number of aryl methyl sites for hydroxylation is 3. The minimum atomic E-state index is -0.347. The molecule has 0 unspecified atom stereocenters. The van der Waals surface area contributed by atoms with Crippen molar-refractivity contribution in [3.63, 3.8) is 0 Å². The van der Waals surface area contributed by atoms with E-state index >= 15 is 0 Å². The average molecular weight is 430 g/mol. The molecule has 0 aliphatic heterocycles. The molecule has 0 spiro atoms. The number of nitrogens with one attached hydrogen (secondary N) is 1. The zero-order chi connectivity index (χ0) is 23.0. The molecule has 0 saturated carbocycles. The Balaban J connectivity index is 1.80. The number of hydrogen-bond donors (Lipinski definition) is 1. The van der Waals surface area contributed by atoms with Crippen LogP contribution in [-0.4, -0.2) is 25.5 Å². The summed E-state index contributed by atoms with van der Waals surface area (Å²) in [6.45, 7) is 9.84. The first-order valence-electron chi connectivity index (χ1n) is 10.7. The molecule has 0 aliphatic carbocycles. The van der Waals surface area contributed by atoms with Crippen molar-refractivity contribution in [2.24, 2.45) is 0 Å². The Labute approximate surface area is 186 Å². The van der Waals surface area contributed by atoms with Crippen LogP contribution in [-0.2, 0) is 11.3 Å². The third kappa shape index (κ3) is 3.93. The first kappa shape index (κ1) is 21.5. The Morgan fingerprint density at radius 1 is 1.03 bits per heavy atom. The van der Waals surface area contributed by atoms with Gasteiger partial charge in [0.2, 0.25) is 5.91 Å². The molecule has 0 fully saturated rings. The van der Waals surface area contributed by atoms with Crippen molar-refractivity contribution in [2.75, 3.05) is 5.32 Å². The fourth-order valence-corrected chi connectivity index (χ4v) is 3.72. The molecule has 1 N–H and O–H groups in total. The number of para-hydroxylation sites is 1. The second-order valence-electron chi connectivity index (χ2n) is 8.45. The largest absolute Gasteiger partial charge is 0.324 e. The molecule has 32 heavy (non-hydrogen) atoms. The summed E-state index contributed by atoms with van der Waals surface area (Å²) in [4.78, 5) is 26.2. The molecule has 164 valence electrons. The molecule has 2 heterocycles. The summed E-state index contributed by atoms with van der Waals surface area (Å²) in [7, 11) is 0. The molecule has 7 heteroatoms. The minimum absolute atomic E-state index is 0.0567. The third-order valence-electron chi connectivity index (χ3n) is 5.71. The molecule has 2 aromatic heterocycles. The van der Waals surface area contributed by atoms with Gasteiger partial charge in [-0.1, -0.05) is 38.1 Å². The van der Waals surface area contributed by atoms with Gasteiger partial charge in [-0.3, -0.25) is 9.59 Å². The monoisotopic (exact) mass is 429 g/mol.